The summed E-state index contributed by atoms with van der Waals surface area (Å²) in [5.74, 6) is -6.59. The molecule has 11 heteroatoms. The third-order valence-corrected chi connectivity index (χ3v) is 2.56. The first kappa shape index (κ1) is 20.1. The molecule has 0 amide bonds. The van der Waals surface area contributed by atoms with Crippen molar-refractivity contribution >= 4 is 29.8 Å². The summed E-state index contributed by atoms with van der Waals surface area (Å²) in [6, 6.07) is 0. The van der Waals surface area contributed by atoms with Gasteiger partial charge in [0.05, 0.1) is 0 Å². The minimum atomic E-state index is -1.95. The monoisotopic (exact) mass is 360 g/mol. The van der Waals surface area contributed by atoms with Crippen molar-refractivity contribution in [1.29, 1.82) is 0 Å². The van der Waals surface area contributed by atoms with E-state index in [9.17, 15) is 29.1 Å². The zero-order valence-corrected chi connectivity index (χ0v) is 13.8. The number of rotatable bonds is 5. The van der Waals surface area contributed by atoms with Gasteiger partial charge in [0.15, 0.2) is 11.5 Å². The van der Waals surface area contributed by atoms with Crippen LogP contribution < -0.4 is 0 Å². The van der Waals surface area contributed by atoms with E-state index in [-0.39, 0.29) is 0 Å². The van der Waals surface area contributed by atoms with Crippen molar-refractivity contribution in [2.24, 2.45) is 0 Å². The van der Waals surface area contributed by atoms with Crippen LogP contribution in [0.4, 0.5) is 0 Å². The molecule has 0 saturated heterocycles. The number of ether oxygens (including phenoxy) is 5. The lowest BCUT2D eigenvalue weighted by Gasteiger charge is -2.34. The van der Waals surface area contributed by atoms with Crippen molar-refractivity contribution in [3.63, 3.8) is 0 Å². The highest BCUT2D eigenvalue weighted by Gasteiger charge is 2.48. The van der Waals surface area contributed by atoms with Crippen LogP contribution in [0.5, 0.6) is 0 Å². The number of carbonyl (C=O) groups excluding carboxylic acids is 4. The summed E-state index contributed by atoms with van der Waals surface area (Å²) in [7, 11) is 0. The Labute approximate surface area is 141 Å². The molecule has 0 radical (unpaired) electrons. The highest BCUT2D eigenvalue weighted by molar-refractivity contribution is 5.79. The molecule has 1 aliphatic rings. The molecule has 3 atom stereocenters. The molecule has 1 aliphatic heterocycles. The smallest absolute Gasteiger partial charge is 0.341 e. The largest absolute Gasteiger partial charge is 0.479 e. The number of carboxylic acids is 1. The van der Waals surface area contributed by atoms with Gasteiger partial charge in [0.1, 0.15) is 0 Å². The van der Waals surface area contributed by atoms with Gasteiger partial charge in [-0.2, -0.15) is 0 Å². The van der Waals surface area contributed by atoms with E-state index in [4.69, 9.17) is 23.7 Å². The molecule has 138 valence electrons. The average molecular weight is 360 g/mol. The molecule has 1 rings (SSSR count). The molecule has 0 fully saturated rings. The average Bonchev–Trinajstić information content (AvgIpc) is 2.42. The molecule has 0 aromatic carbocycles. The van der Waals surface area contributed by atoms with Gasteiger partial charge in [0.25, 0.3) is 0 Å². The van der Waals surface area contributed by atoms with E-state index < -0.39 is 59.9 Å². The summed E-state index contributed by atoms with van der Waals surface area (Å²) >= 11 is 0. The first-order valence-electron chi connectivity index (χ1n) is 6.86. The standard InChI is InChI=1S/C14H16O11/c1-5(15)21-9-10(22-6(2)16)12(23-7(3)17)14(24-8(4)18)25-11(9)13(19)20/h11-12,14H,1-4H3,(H,19,20)/t11-,12+,14+/m1/s1. The van der Waals surface area contributed by atoms with Gasteiger partial charge in [0, 0.05) is 27.7 Å². The third kappa shape index (κ3) is 5.57. The molecule has 11 nitrogen and oxygen atoms in total. The Morgan fingerprint density at radius 2 is 1.28 bits per heavy atom. The maximum atomic E-state index is 11.4. The molecule has 0 saturated carbocycles. The SMILES string of the molecule is CC(=O)OC1=C(OC(C)=O)[C@H](OC(C)=O)[C@@H](OC(C)=O)O[C@H]1C(=O)O. The van der Waals surface area contributed by atoms with Crippen molar-refractivity contribution in [1.82, 2.24) is 0 Å². The second-order valence-corrected chi connectivity index (χ2v) is 4.78. The first-order chi connectivity index (χ1) is 11.5. The van der Waals surface area contributed by atoms with Gasteiger partial charge >= 0.3 is 29.8 Å². The Kier molecular flexibility index (Phi) is 6.62. The maximum absolute atomic E-state index is 11.4. The van der Waals surface area contributed by atoms with E-state index in [1.165, 1.54) is 0 Å². The van der Waals surface area contributed by atoms with Crippen LogP contribution in [-0.2, 0) is 47.7 Å². The number of carboxylic acid groups (broad SMARTS) is 1. The lowest BCUT2D eigenvalue weighted by molar-refractivity contribution is -0.235. The summed E-state index contributed by atoms with van der Waals surface area (Å²) in [6.07, 6.45) is -5.35. The Bertz CT molecular complexity index is 633. The molecule has 0 aliphatic carbocycles. The molecule has 0 aromatic heterocycles. The minimum absolute atomic E-state index is 0.622. The fraction of sp³-hybridized carbons (Fsp3) is 0.500. The summed E-state index contributed by atoms with van der Waals surface area (Å²) in [4.78, 5) is 56.5. The van der Waals surface area contributed by atoms with Crippen LogP contribution in [0.15, 0.2) is 11.5 Å². The summed E-state index contributed by atoms with van der Waals surface area (Å²) in [5, 5.41) is 9.25. The Morgan fingerprint density at radius 1 is 0.800 bits per heavy atom. The topological polar surface area (TPSA) is 152 Å². The van der Waals surface area contributed by atoms with Gasteiger partial charge in [-0.25, -0.2) is 4.79 Å². The number of carbonyl (C=O) groups is 5. The van der Waals surface area contributed by atoms with Gasteiger partial charge in [-0.3, -0.25) is 19.2 Å². The van der Waals surface area contributed by atoms with Gasteiger partial charge in [-0.05, 0) is 0 Å². The number of aliphatic carboxylic acids is 1. The second-order valence-electron chi connectivity index (χ2n) is 4.78. The Hall–Kier alpha value is -2.95. The zero-order chi connectivity index (χ0) is 19.3. The van der Waals surface area contributed by atoms with Gasteiger partial charge in [0.2, 0.25) is 18.5 Å². The summed E-state index contributed by atoms with van der Waals surface area (Å²) < 4.78 is 24.4. The predicted molar refractivity (Wildman–Crippen MR) is 74.2 cm³/mol. The molecule has 0 bridgehead atoms. The van der Waals surface area contributed by atoms with Crippen molar-refractivity contribution in [3.05, 3.63) is 11.5 Å². The van der Waals surface area contributed by atoms with Gasteiger partial charge < -0.3 is 28.8 Å². The highest BCUT2D eigenvalue weighted by atomic mass is 16.7. The zero-order valence-electron chi connectivity index (χ0n) is 13.8. The molecular formula is C14H16O11. The highest BCUT2D eigenvalue weighted by Crippen LogP contribution is 2.31. The Balaban J connectivity index is 3.52. The quantitative estimate of drug-likeness (QED) is 0.504. The number of hydrogen-bond acceptors (Lipinski definition) is 10. The first-order valence-corrected chi connectivity index (χ1v) is 6.86. The van der Waals surface area contributed by atoms with Crippen molar-refractivity contribution in [2.75, 3.05) is 0 Å². The molecular weight excluding hydrogens is 344 g/mol. The predicted octanol–water partition coefficient (Wildman–Crippen LogP) is -0.371. The summed E-state index contributed by atoms with van der Waals surface area (Å²) in [6.45, 7) is 3.96. The van der Waals surface area contributed by atoms with Gasteiger partial charge in [-0.1, -0.05) is 0 Å². The molecule has 1 heterocycles. The Morgan fingerprint density at radius 3 is 1.68 bits per heavy atom. The maximum Gasteiger partial charge on any atom is 0.341 e. The van der Waals surface area contributed by atoms with E-state index in [2.05, 4.69) is 0 Å². The summed E-state index contributed by atoms with van der Waals surface area (Å²) in [5.41, 5.74) is 0. The molecule has 0 unspecified atom stereocenters. The molecule has 0 aromatic rings. The van der Waals surface area contributed by atoms with E-state index in [1.807, 2.05) is 0 Å². The van der Waals surface area contributed by atoms with Crippen molar-refractivity contribution in [2.45, 2.75) is 46.2 Å². The van der Waals surface area contributed by atoms with Crippen LogP contribution in [0.2, 0.25) is 0 Å². The van der Waals surface area contributed by atoms with Crippen molar-refractivity contribution in [3.8, 4) is 0 Å². The van der Waals surface area contributed by atoms with Crippen LogP contribution in [0.25, 0.3) is 0 Å². The van der Waals surface area contributed by atoms with Crippen LogP contribution in [0, 0.1) is 0 Å². The fourth-order valence-corrected chi connectivity index (χ4v) is 1.89. The normalized spacial score (nSPS) is 22.6. The van der Waals surface area contributed by atoms with E-state index in [0.29, 0.717) is 0 Å². The van der Waals surface area contributed by atoms with E-state index >= 15 is 0 Å². The van der Waals surface area contributed by atoms with Crippen LogP contribution in [-0.4, -0.2) is 53.5 Å². The number of esters is 4. The van der Waals surface area contributed by atoms with Crippen LogP contribution >= 0.6 is 0 Å². The van der Waals surface area contributed by atoms with E-state index in [1.54, 1.807) is 0 Å². The molecule has 0 spiro atoms. The molecule has 25 heavy (non-hydrogen) atoms. The lowest BCUT2D eigenvalue weighted by atomic mass is 10.1. The number of hydrogen-bond donors (Lipinski definition) is 1. The second kappa shape index (κ2) is 8.24. The third-order valence-electron chi connectivity index (χ3n) is 2.56. The van der Waals surface area contributed by atoms with Crippen molar-refractivity contribution < 1.29 is 52.8 Å². The van der Waals surface area contributed by atoms with Crippen LogP contribution in [0.1, 0.15) is 27.7 Å². The lowest BCUT2D eigenvalue weighted by Crippen LogP contribution is -2.49. The van der Waals surface area contributed by atoms with E-state index in [0.717, 1.165) is 27.7 Å². The van der Waals surface area contributed by atoms with Crippen LogP contribution in [0.3, 0.4) is 0 Å². The minimum Gasteiger partial charge on any atom is -0.479 e. The van der Waals surface area contributed by atoms with Gasteiger partial charge in [-0.15, -0.1) is 0 Å². The molecule has 1 N–H and O–H groups in total. The fourth-order valence-electron chi connectivity index (χ4n) is 1.89.